The van der Waals surface area contributed by atoms with Crippen LogP contribution in [0.2, 0.25) is 0 Å². The number of hydrogen-bond acceptors (Lipinski definition) is 3. The Balaban J connectivity index is 2.01. The van der Waals surface area contributed by atoms with Gasteiger partial charge in [-0.1, -0.05) is 12.2 Å². The molecule has 0 spiro atoms. The van der Waals surface area contributed by atoms with E-state index in [9.17, 15) is 9.90 Å². The van der Waals surface area contributed by atoms with Crippen molar-refractivity contribution in [3.8, 4) is 11.5 Å². The molecule has 1 fully saturated rings. The number of fused-ring (bicyclic) bond motifs is 2. The number of rotatable bonds is 5. The third kappa shape index (κ3) is 2.39. The summed E-state index contributed by atoms with van der Waals surface area (Å²) in [4.78, 5) is 11.2. The number of methoxy groups -OCH3 is 2. The fourth-order valence-corrected chi connectivity index (χ4v) is 3.97. The summed E-state index contributed by atoms with van der Waals surface area (Å²) < 4.78 is 10.8. The quantitative estimate of drug-likeness (QED) is 0.846. The fourth-order valence-electron chi connectivity index (χ4n) is 3.97. The van der Waals surface area contributed by atoms with Crippen molar-refractivity contribution in [3.05, 3.63) is 35.9 Å². The van der Waals surface area contributed by atoms with E-state index in [1.807, 2.05) is 18.2 Å². The molecule has 0 amide bonds. The van der Waals surface area contributed by atoms with Crippen molar-refractivity contribution in [1.82, 2.24) is 0 Å². The molecule has 1 saturated carbocycles. The summed E-state index contributed by atoms with van der Waals surface area (Å²) in [5.41, 5.74) is 1.07. The zero-order valence-corrected chi connectivity index (χ0v) is 12.3. The first-order valence-electron chi connectivity index (χ1n) is 7.26. The Morgan fingerprint density at radius 1 is 1.24 bits per heavy atom. The molecule has 0 aromatic heterocycles. The molecule has 2 aliphatic rings. The summed E-state index contributed by atoms with van der Waals surface area (Å²) in [7, 11) is 3.29. The van der Waals surface area contributed by atoms with Crippen LogP contribution in [-0.2, 0) is 4.79 Å². The standard InChI is InChI=1S/C17H20O4/c1-20-12-5-6-15(21-2)14(8-12)17-11-4-3-10(7-11)13(17)9-16(18)19/h3-6,8,10-11,13,17H,7,9H2,1-2H3,(H,18,19). The molecule has 112 valence electrons. The van der Waals surface area contributed by atoms with E-state index in [2.05, 4.69) is 12.2 Å². The predicted molar refractivity (Wildman–Crippen MR) is 78.8 cm³/mol. The second-order valence-electron chi connectivity index (χ2n) is 5.84. The van der Waals surface area contributed by atoms with Crippen LogP contribution in [0.3, 0.4) is 0 Å². The predicted octanol–water partition coefficient (Wildman–Crippen LogP) is 3.08. The van der Waals surface area contributed by atoms with Crippen LogP contribution in [0, 0.1) is 17.8 Å². The van der Waals surface area contributed by atoms with Gasteiger partial charge >= 0.3 is 5.97 Å². The second-order valence-corrected chi connectivity index (χ2v) is 5.84. The number of ether oxygens (including phenoxy) is 2. The van der Waals surface area contributed by atoms with E-state index in [0.717, 1.165) is 23.5 Å². The van der Waals surface area contributed by atoms with Gasteiger partial charge in [0.05, 0.1) is 14.2 Å². The molecule has 1 N–H and O–H groups in total. The Morgan fingerprint density at radius 2 is 2.00 bits per heavy atom. The van der Waals surface area contributed by atoms with Gasteiger partial charge in [-0.15, -0.1) is 0 Å². The van der Waals surface area contributed by atoms with Crippen LogP contribution in [0.4, 0.5) is 0 Å². The molecule has 0 radical (unpaired) electrons. The zero-order chi connectivity index (χ0) is 15.0. The average Bonchev–Trinajstić information content (AvgIpc) is 3.07. The molecule has 4 atom stereocenters. The van der Waals surface area contributed by atoms with Gasteiger partial charge in [0, 0.05) is 12.0 Å². The van der Waals surface area contributed by atoms with E-state index in [-0.39, 0.29) is 18.3 Å². The molecular formula is C17H20O4. The number of carboxylic acid groups (broad SMARTS) is 1. The molecule has 2 aliphatic carbocycles. The number of hydrogen-bond donors (Lipinski definition) is 1. The first kappa shape index (κ1) is 14.0. The van der Waals surface area contributed by atoms with E-state index < -0.39 is 5.97 Å². The highest BCUT2D eigenvalue weighted by atomic mass is 16.5. The van der Waals surface area contributed by atoms with Crippen molar-refractivity contribution in [3.63, 3.8) is 0 Å². The smallest absolute Gasteiger partial charge is 0.303 e. The van der Waals surface area contributed by atoms with Crippen molar-refractivity contribution in [2.24, 2.45) is 17.8 Å². The van der Waals surface area contributed by atoms with Gasteiger partial charge in [-0.05, 0) is 48.3 Å². The number of carbonyl (C=O) groups is 1. The minimum atomic E-state index is -0.729. The Hall–Kier alpha value is -1.97. The van der Waals surface area contributed by atoms with E-state index in [1.165, 1.54) is 0 Å². The monoisotopic (exact) mass is 288 g/mol. The molecule has 0 heterocycles. The molecule has 4 heteroatoms. The van der Waals surface area contributed by atoms with Gasteiger partial charge < -0.3 is 14.6 Å². The molecule has 2 bridgehead atoms. The maximum Gasteiger partial charge on any atom is 0.303 e. The highest BCUT2D eigenvalue weighted by Gasteiger charge is 2.46. The Morgan fingerprint density at radius 3 is 2.67 bits per heavy atom. The van der Waals surface area contributed by atoms with Crippen LogP contribution >= 0.6 is 0 Å². The van der Waals surface area contributed by atoms with Gasteiger partial charge in [0.2, 0.25) is 0 Å². The number of carboxylic acids is 1. The molecule has 1 aromatic rings. The number of aliphatic carboxylic acids is 1. The lowest BCUT2D eigenvalue weighted by Crippen LogP contribution is -2.21. The lowest BCUT2D eigenvalue weighted by atomic mass is 9.76. The van der Waals surface area contributed by atoms with Crippen LogP contribution < -0.4 is 9.47 Å². The van der Waals surface area contributed by atoms with Crippen LogP contribution in [0.25, 0.3) is 0 Å². The summed E-state index contributed by atoms with van der Waals surface area (Å²) >= 11 is 0. The SMILES string of the molecule is COc1ccc(OC)c(C2C3C=CC(C3)C2CC(=O)O)c1. The molecule has 4 nitrogen and oxygen atoms in total. The summed E-state index contributed by atoms with van der Waals surface area (Å²) in [6, 6.07) is 5.77. The first-order chi connectivity index (χ1) is 10.1. The van der Waals surface area contributed by atoms with Gasteiger partial charge in [-0.3, -0.25) is 4.79 Å². The fraction of sp³-hybridized carbons (Fsp3) is 0.471. The molecule has 3 rings (SSSR count). The largest absolute Gasteiger partial charge is 0.497 e. The van der Waals surface area contributed by atoms with Gasteiger partial charge in [-0.25, -0.2) is 0 Å². The van der Waals surface area contributed by atoms with Gasteiger partial charge in [0.15, 0.2) is 0 Å². The van der Waals surface area contributed by atoms with Crippen molar-refractivity contribution in [1.29, 1.82) is 0 Å². The maximum atomic E-state index is 11.2. The highest BCUT2D eigenvalue weighted by molar-refractivity contribution is 5.67. The topological polar surface area (TPSA) is 55.8 Å². The maximum absolute atomic E-state index is 11.2. The lowest BCUT2D eigenvalue weighted by Gasteiger charge is -2.28. The van der Waals surface area contributed by atoms with Crippen molar-refractivity contribution >= 4 is 5.97 Å². The zero-order valence-electron chi connectivity index (χ0n) is 12.3. The minimum Gasteiger partial charge on any atom is -0.497 e. The highest BCUT2D eigenvalue weighted by Crippen LogP contribution is 2.56. The summed E-state index contributed by atoms with van der Waals surface area (Å²) in [5.74, 6) is 1.98. The van der Waals surface area contributed by atoms with E-state index in [0.29, 0.717) is 11.8 Å². The summed E-state index contributed by atoms with van der Waals surface area (Å²) in [6.07, 6.45) is 5.66. The number of benzene rings is 1. The number of allylic oxidation sites excluding steroid dienone is 2. The average molecular weight is 288 g/mol. The molecular weight excluding hydrogens is 268 g/mol. The lowest BCUT2D eigenvalue weighted by molar-refractivity contribution is -0.138. The van der Waals surface area contributed by atoms with E-state index in [4.69, 9.17) is 9.47 Å². The minimum absolute atomic E-state index is 0.138. The summed E-state index contributed by atoms with van der Waals surface area (Å²) in [6.45, 7) is 0. The third-order valence-corrected chi connectivity index (χ3v) is 4.83. The normalized spacial score (nSPS) is 29.6. The Labute approximate surface area is 124 Å². The van der Waals surface area contributed by atoms with Crippen LogP contribution in [0.5, 0.6) is 11.5 Å². The second kappa shape index (κ2) is 5.43. The van der Waals surface area contributed by atoms with Gasteiger partial charge in [0.25, 0.3) is 0 Å². The molecule has 21 heavy (non-hydrogen) atoms. The molecule has 0 aliphatic heterocycles. The van der Waals surface area contributed by atoms with Crippen molar-refractivity contribution < 1.29 is 19.4 Å². The third-order valence-electron chi connectivity index (χ3n) is 4.83. The molecule has 4 unspecified atom stereocenters. The first-order valence-corrected chi connectivity index (χ1v) is 7.26. The van der Waals surface area contributed by atoms with Gasteiger partial charge in [0.1, 0.15) is 11.5 Å². The van der Waals surface area contributed by atoms with Crippen LogP contribution in [0.15, 0.2) is 30.4 Å². The van der Waals surface area contributed by atoms with Crippen molar-refractivity contribution in [2.75, 3.05) is 14.2 Å². The molecule has 0 saturated heterocycles. The Kier molecular flexibility index (Phi) is 3.62. The Bertz CT molecular complexity index is 578. The van der Waals surface area contributed by atoms with Gasteiger partial charge in [-0.2, -0.15) is 0 Å². The van der Waals surface area contributed by atoms with Crippen molar-refractivity contribution in [2.45, 2.75) is 18.8 Å². The van der Waals surface area contributed by atoms with Crippen LogP contribution in [0.1, 0.15) is 24.3 Å². The summed E-state index contributed by atoms with van der Waals surface area (Å²) in [5, 5.41) is 9.21. The van der Waals surface area contributed by atoms with Crippen LogP contribution in [-0.4, -0.2) is 25.3 Å². The van der Waals surface area contributed by atoms with E-state index in [1.54, 1.807) is 14.2 Å². The van der Waals surface area contributed by atoms with E-state index >= 15 is 0 Å². The molecule has 1 aromatic carbocycles.